The molecule has 4 heteroatoms. The second-order valence-corrected chi connectivity index (χ2v) is 9.88. The van der Waals surface area contributed by atoms with Crippen LogP contribution in [0.25, 0.3) is 0 Å². The lowest BCUT2D eigenvalue weighted by molar-refractivity contribution is 0.0615. The molecule has 34 heavy (non-hydrogen) atoms. The summed E-state index contributed by atoms with van der Waals surface area (Å²) < 4.78 is 2.18. The summed E-state index contributed by atoms with van der Waals surface area (Å²) >= 11 is 1.63. The lowest BCUT2D eigenvalue weighted by Gasteiger charge is -2.37. The molecule has 1 atom stereocenters. The zero-order valence-electron chi connectivity index (χ0n) is 18.8. The SMILES string of the molecule is OC1(c2cn(C(c3ccccc3)(c3ccccc3)c3ccccc3)cn2)CCCc2ccsc21. The molecule has 3 aromatic carbocycles. The number of rotatable bonds is 5. The third kappa shape index (κ3) is 3.17. The molecular formula is C30H26N2OS. The van der Waals surface area contributed by atoms with Crippen LogP contribution < -0.4 is 0 Å². The Bertz CT molecular complexity index is 1290. The van der Waals surface area contributed by atoms with Crippen molar-refractivity contribution in [3.63, 3.8) is 0 Å². The van der Waals surface area contributed by atoms with E-state index in [1.165, 1.54) is 5.56 Å². The van der Waals surface area contributed by atoms with E-state index >= 15 is 0 Å². The second-order valence-electron chi connectivity index (χ2n) is 8.96. The summed E-state index contributed by atoms with van der Waals surface area (Å²) in [4.78, 5) is 5.89. The topological polar surface area (TPSA) is 38.0 Å². The maximum absolute atomic E-state index is 11.9. The molecule has 2 heterocycles. The van der Waals surface area contributed by atoms with Gasteiger partial charge in [0.2, 0.25) is 0 Å². The maximum atomic E-state index is 11.9. The second kappa shape index (κ2) is 8.39. The van der Waals surface area contributed by atoms with Gasteiger partial charge >= 0.3 is 0 Å². The fraction of sp³-hybridized carbons (Fsp3) is 0.167. The summed E-state index contributed by atoms with van der Waals surface area (Å²) in [5, 5.41) is 14.0. The Kier molecular flexibility index (Phi) is 5.20. The molecule has 1 aliphatic rings. The standard InChI is InChI=1S/C30H26N2OS/c33-29(19-10-11-23-18-20-34-28(23)29)27-21-32(22-31-27)30(24-12-4-1-5-13-24,25-14-6-2-7-15-25)26-16-8-3-9-17-26/h1-9,12-18,20-22,33H,10-11,19H2. The number of benzene rings is 3. The quantitative estimate of drug-likeness (QED) is 0.309. The van der Waals surface area contributed by atoms with E-state index in [1.807, 2.05) is 24.5 Å². The van der Waals surface area contributed by atoms with Gasteiger partial charge in [-0.1, -0.05) is 91.0 Å². The number of nitrogens with zero attached hydrogens (tertiary/aromatic N) is 2. The Labute approximate surface area is 204 Å². The van der Waals surface area contributed by atoms with Crippen LogP contribution >= 0.6 is 11.3 Å². The minimum atomic E-state index is -1.05. The average molecular weight is 463 g/mol. The monoisotopic (exact) mass is 462 g/mol. The van der Waals surface area contributed by atoms with Gasteiger partial charge in [-0.15, -0.1) is 11.3 Å². The number of hydrogen-bond donors (Lipinski definition) is 1. The van der Waals surface area contributed by atoms with Crippen molar-refractivity contribution >= 4 is 11.3 Å². The molecule has 0 saturated heterocycles. The number of aryl methyl sites for hydroxylation is 1. The molecular weight excluding hydrogens is 436 g/mol. The van der Waals surface area contributed by atoms with Gasteiger partial charge in [0.15, 0.2) is 0 Å². The molecule has 0 amide bonds. The predicted molar refractivity (Wildman–Crippen MR) is 137 cm³/mol. The molecule has 0 fully saturated rings. The van der Waals surface area contributed by atoms with Crippen molar-refractivity contribution in [1.82, 2.24) is 9.55 Å². The first-order valence-electron chi connectivity index (χ1n) is 11.7. The molecule has 0 bridgehead atoms. The lowest BCUT2D eigenvalue weighted by Crippen LogP contribution is -2.37. The summed E-state index contributed by atoms with van der Waals surface area (Å²) in [5.41, 5.74) is 3.70. The average Bonchev–Trinajstić information content (AvgIpc) is 3.59. The van der Waals surface area contributed by atoms with Crippen molar-refractivity contribution in [3.05, 3.63) is 148 Å². The molecule has 1 aliphatic carbocycles. The Hall–Kier alpha value is -3.47. The smallest absolute Gasteiger partial charge is 0.142 e. The minimum absolute atomic E-state index is 0.627. The van der Waals surface area contributed by atoms with E-state index in [-0.39, 0.29) is 0 Å². The fourth-order valence-corrected chi connectivity index (χ4v) is 6.58. The van der Waals surface area contributed by atoms with E-state index in [2.05, 4.69) is 95.0 Å². The van der Waals surface area contributed by atoms with E-state index in [9.17, 15) is 5.11 Å². The van der Waals surface area contributed by atoms with Crippen molar-refractivity contribution in [2.24, 2.45) is 0 Å². The van der Waals surface area contributed by atoms with Gasteiger partial charge in [-0.25, -0.2) is 4.98 Å². The molecule has 2 aromatic heterocycles. The highest BCUT2D eigenvalue weighted by molar-refractivity contribution is 7.10. The molecule has 5 aromatic rings. The third-order valence-corrected chi connectivity index (χ3v) is 8.18. The highest BCUT2D eigenvalue weighted by Gasteiger charge is 2.43. The number of aliphatic hydroxyl groups is 1. The highest BCUT2D eigenvalue weighted by Crippen LogP contribution is 2.45. The fourth-order valence-electron chi connectivity index (χ4n) is 5.49. The molecule has 6 rings (SSSR count). The van der Waals surface area contributed by atoms with Crippen LogP contribution in [0.4, 0.5) is 0 Å². The molecule has 1 unspecified atom stereocenters. The van der Waals surface area contributed by atoms with Gasteiger partial charge in [0.25, 0.3) is 0 Å². The Morgan fingerprint density at radius 1 is 0.794 bits per heavy atom. The summed E-state index contributed by atoms with van der Waals surface area (Å²) in [5.74, 6) is 0. The molecule has 3 nitrogen and oxygen atoms in total. The van der Waals surface area contributed by atoms with E-state index < -0.39 is 11.1 Å². The van der Waals surface area contributed by atoms with E-state index in [1.54, 1.807) is 11.3 Å². The number of hydrogen-bond acceptors (Lipinski definition) is 3. The van der Waals surface area contributed by atoms with Crippen LogP contribution in [0.1, 0.15) is 45.7 Å². The largest absolute Gasteiger partial charge is 0.378 e. The lowest BCUT2D eigenvalue weighted by atomic mass is 9.76. The molecule has 0 saturated carbocycles. The normalized spacial score (nSPS) is 17.9. The molecule has 0 spiro atoms. The van der Waals surface area contributed by atoms with Gasteiger partial charge in [0, 0.05) is 11.1 Å². The van der Waals surface area contributed by atoms with Crippen LogP contribution in [-0.4, -0.2) is 14.7 Å². The summed E-state index contributed by atoms with van der Waals surface area (Å²) in [6, 6.07) is 33.8. The van der Waals surface area contributed by atoms with Gasteiger partial charge < -0.3 is 9.67 Å². The zero-order valence-corrected chi connectivity index (χ0v) is 19.7. The summed E-state index contributed by atoms with van der Waals surface area (Å²) in [6.07, 6.45) is 6.61. The Morgan fingerprint density at radius 3 is 1.91 bits per heavy atom. The van der Waals surface area contributed by atoms with E-state index in [0.29, 0.717) is 12.1 Å². The molecule has 0 radical (unpaired) electrons. The van der Waals surface area contributed by atoms with E-state index in [4.69, 9.17) is 4.98 Å². The Morgan fingerprint density at radius 2 is 1.35 bits per heavy atom. The van der Waals surface area contributed by atoms with Gasteiger partial charge in [-0.3, -0.25) is 0 Å². The van der Waals surface area contributed by atoms with Crippen LogP contribution in [-0.2, 0) is 17.6 Å². The van der Waals surface area contributed by atoms with Gasteiger partial charge in [0.1, 0.15) is 11.1 Å². The first-order valence-corrected chi connectivity index (χ1v) is 12.6. The number of fused-ring (bicyclic) bond motifs is 1. The van der Waals surface area contributed by atoms with Crippen LogP contribution in [0.2, 0.25) is 0 Å². The van der Waals surface area contributed by atoms with Crippen molar-refractivity contribution in [1.29, 1.82) is 0 Å². The summed E-state index contributed by atoms with van der Waals surface area (Å²) in [6.45, 7) is 0. The first kappa shape index (κ1) is 21.1. The maximum Gasteiger partial charge on any atom is 0.142 e. The van der Waals surface area contributed by atoms with Crippen LogP contribution in [0.5, 0.6) is 0 Å². The van der Waals surface area contributed by atoms with E-state index in [0.717, 1.165) is 34.4 Å². The third-order valence-electron chi connectivity index (χ3n) is 7.08. The minimum Gasteiger partial charge on any atom is -0.378 e. The highest BCUT2D eigenvalue weighted by atomic mass is 32.1. The number of thiophene rings is 1. The predicted octanol–water partition coefficient (Wildman–Crippen LogP) is 6.36. The number of imidazole rings is 1. The van der Waals surface area contributed by atoms with Crippen LogP contribution in [0.3, 0.4) is 0 Å². The molecule has 0 aliphatic heterocycles. The molecule has 1 N–H and O–H groups in total. The summed E-state index contributed by atoms with van der Waals surface area (Å²) in [7, 11) is 0. The van der Waals surface area contributed by atoms with Crippen molar-refractivity contribution in [3.8, 4) is 0 Å². The van der Waals surface area contributed by atoms with Crippen LogP contribution in [0, 0.1) is 0 Å². The van der Waals surface area contributed by atoms with Gasteiger partial charge in [-0.2, -0.15) is 0 Å². The number of aromatic nitrogens is 2. The Balaban J connectivity index is 1.62. The van der Waals surface area contributed by atoms with Crippen LogP contribution in [0.15, 0.2) is 115 Å². The zero-order chi connectivity index (χ0) is 23.0. The van der Waals surface area contributed by atoms with Crippen molar-refractivity contribution in [2.75, 3.05) is 0 Å². The van der Waals surface area contributed by atoms with Gasteiger partial charge in [0.05, 0.1) is 12.0 Å². The van der Waals surface area contributed by atoms with Crippen molar-refractivity contribution < 1.29 is 5.11 Å². The van der Waals surface area contributed by atoms with Gasteiger partial charge in [-0.05, 0) is 53.0 Å². The molecule has 168 valence electrons. The first-order chi connectivity index (χ1) is 16.7. The van der Waals surface area contributed by atoms with Crippen molar-refractivity contribution in [2.45, 2.75) is 30.4 Å².